The van der Waals surface area contributed by atoms with Crippen molar-refractivity contribution in [1.82, 2.24) is 19.7 Å². The largest absolute Gasteiger partial charge is 0.481 e. The summed E-state index contributed by atoms with van der Waals surface area (Å²) in [5.41, 5.74) is 4.59. The molecule has 8 nitrogen and oxygen atoms in total. The van der Waals surface area contributed by atoms with Gasteiger partial charge in [0, 0.05) is 47.1 Å². The van der Waals surface area contributed by atoms with Gasteiger partial charge in [0.2, 0.25) is 5.91 Å². The van der Waals surface area contributed by atoms with Gasteiger partial charge in [-0.25, -0.2) is 9.97 Å². The number of rotatable bonds is 9. The summed E-state index contributed by atoms with van der Waals surface area (Å²) in [5.74, 6) is -1.06. The lowest BCUT2D eigenvalue weighted by Gasteiger charge is -2.26. The van der Waals surface area contributed by atoms with Crippen LogP contribution in [0.1, 0.15) is 51.4 Å². The molecule has 2 aliphatic rings. The van der Waals surface area contributed by atoms with Crippen molar-refractivity contribution in [3.8, 4) is 22.4 Å². The van der Waals surface area contributed by atoms with Crippen LogP contribution in [0.3, 0.4) is 0 Å². The van der Waals surface area contributed by atoms with Crippen molar-refractivity contribution in [3.63, 3.8) is 0 Å². The molecule has 6 rings (SSSR count). The van der Waals surface area contributed by atoms with Crippen LogP contribution in [0, 0.1) is 11.8 Å². The molecule has 0 aliphatic heterocycles. The van der Waals surface area contributed by atoms with Gasteiger partial charge >= 0.3 is 5.97 Å². The minimum Gasteiger partial charge on any atom is -0.481 e. The molecule has 3 aromatic heterocycles. The molecular weight excluding hydrogens is 498 g/mol. The lowest BCUT2D eigenvalue weighted by Crippen LogP contribution is -2.39. The lowest BCUT2D eigenvalue weighted by molar-refractivity contribution is -0.141. The summed E-state index contributed by atoms with van der Waals surface area (Å²) in [6.45, 7) is 0. The van der Waals surface area contributed by atoms with E-state index in [0.717, 1.165) is 59.1 Å². The van der Waals surface area contributed by atoms with Crippen molar-refractivity contribution in [2.24, 2.45) is 18.9 Å². The Morgan fingerprint density at radius 3 is 2.63 bits per heavy atom. The van der Waals surface area contributed by atoms with Gasteiger partial charge in [-0.1, -0.05) is 49.9 Å². The molecule has 1 unspecified atom stereocenters. The SMILES string of the molecule is Cn1ncc2cc(-c3ccccc3-c3csc(N(C(=O)C(CC(=O)O)CC4CCCC4)C4CC4)n3)cnc21. The Kier molecular flexibility index (Phi) is 6.69. The Labute approximate surface area is 225 Å². The fraction of sp³-hybridized carbons (Fsp3) is 0.414. The highest BCUT2D eigenvalue weighted by Gasteiger charge is 2.40. The van der Waals surface area contributed by atoms with Gasteiger partial charge in [-0.05, 0) is 36.8 Å². The summed E-state index contributed by atoms with van der Waals surface area (Å²) in [6, 6.07) is 10.3. The van der Waals surface area contributed by atoms with Gasteiger partial charge in [0.05, 0.1) is 18.3 Å². The Hall–Kier alpha value is -3.59. The quantitative estimate of drug-likeness (QED) is 0.289. The monoisotopic (exact) mass is 529 g/mol. The number of carbonyl (C=O) groups excluding carboxylic acids is 1. The number of fused-ring (bicyclic) bond motifs is 1. The standard InChI is InChI=1S/C29H31N5O3S/c1-33-27-21(16-31-33)13-20(15-30-27)23-8-4-5-9-24(23)25-17-38-29(32-25)34(22-10-11-22)28(37)19(14-26(35)36)12-18-6-2-3-7-18/h4-5,8-9,13,15-19,22H,2-3,6-7,10-12,14H2,1H3,(H,35,36). The van der Waals surface area contributed by atoms with Crippen molar-refractivity contribution < 1.29 is 14.7 Å². The van der Waals surface area contributed by atoms with Crippen molar-refractivity contribution in [2.45, 2.75) is 57.4 Å². The van der Waals surface area contributed by atoms with Crippen LogP contribution in [-0.2, 0) is 16.6 Å². The number of carboxylic acid groups (broad SMARTS) is 1. The highest BCUT2D eigenvalue weighted by Crippen LogP contribution is 2.40. The summed E-state index contributed by atoms with van der Waals surface area (Å²) in [4.78, 5) is 36.9. The second-order valence-corrected chi connectivity index (χ2v) is 11.4. The summed E-state index contributed by atoms with van der Waals surface area (Å²) < 4.78 is 1.76. The van der Waals surface area contributed by atoms with Crippen molar-refractivity contribution >= 4 is 39.4 Å². The van der Waals surface area contributed by atoms with Crippen LogP contribution in [0.15, 0.2) is 48.1 Å². The van der Waals surface area contributed by atoms with E-state index in [1.807, 2.05) is 47.9 Å². The topological polar surface area (TPSA) is 101 Å². The molecule has 0 saturated heterocycles. The van der Waals surface area contributed by atoms with E-state index in [2.05, 4.69) is 22.2 Å². The number of nitrogens with zero attached hydrogens (tertiary/aromatic N) is 5. The van der Waals surface area contributed by atoms with Crippen LogP contribution in [0.5, 0.6) is 0 Å². The predicted octanol–water partition coefficient (Wildman–Crippen LogP) is 5.93. The number of benzene rings is 1. The first-order chi connectivity index (χ1) is 18.5. The number of pyridine rings is 1. The summed E-state index contributed by atoms with van der Waals surface area (Å²) >= 11 is 1.46. The number of thiazole rings is 1. The summed E-state index contributed by atoms with van der Waals surface area (Å²) in [6.07, 6.45) is 10.6. The van der Waals surface area contributed by atoms with E-state index in [-0.39, 0.29) is 18.4 Å². The molecular formula is C29H31N5O3S. The third-order valence-electron chi connectivity index (χ3n) is 7.80. The predicted molar refractivity (Wildman–Crippen MR) is 148 cm³/mol. The van der Waals surface area contributed by atoms with Crippen LogP contribution in [-0.4, -0.2) is 42.8 Å². The van der Waals surface area contributed by atoms with Crippen molar-refractivity contribution in [3.05, 3.63) is 48.1 Å². The molecule has 1 aromatic carbocycles. The molecule has 2 saturated carbocycles. The van der Waals surface area contributed by atoms with E-state index in [0.29, 0.717) is 17.5 Å². The van der Waals surface area contributed by atoms with Gasteiger partial charge in [-0.15, -0.1) is 11.3 Å². The number of aliphatic carboxylic acids is 1. The highest BCUT2D eigenvalue weighted by atomic mass is 32.1. The minimum absolute atomic E-state index is 0.0813. The van der Waals surface area contributed by atoms with Gasteiger partial charge < -0.3 is 5.11 Å². The van der Waals surface area contributed by atoms with Crippen LogP contribution >= 0.6 is 11.3 Å². The normalized spacial score (nSPS) is 16.7. The number of hydrogen-bond acceptors (Lipinski definition) is 6. The van der Waals surface area contributed by atoms with Crippen molar-refractivity contribution in [2.75, 3.05) is 4.90 Å². The van der Waals surface area contributed by atoms with Gasteiger partial charge in [0.1, 0.15) is 0 Å². The number of anilines is 1. The molecule has 4 aromatic rings. The molecule has 1 N–H and O–H groups in total. The Bertz CT molecular complexity index is 1480. The van der Waals surface area contributed by atoms with Crippen LogP contribution in [0.25, 0.3) is 33.4 Å². The average Bonchev–Trinajstić information content (AvgIpc) is 3.27. The Morgan fingerprint density at radius 2 is 1.89 bits per heavy atom. The maximum atomic E-state index is 13.8. The second-order valence-electron chi connectivity index (χ2n) is 10.6. The fourth-order valence-corrected chi connectivity index (χ4v) is 6.64. The van der Waals surface area contributed by atoms with Gasteiger partial charge in [-0.2, -0.15) is 5.10 Å². The number of carbonyl (C=O) groups is 2. The average molecular weight is 530 g/mol. The van der Waals surface area contributed by atoms with Gasteiger partial charge in [0.25, 0.3) is 0 Å². The van der Waals surface area contributed by atoms with E-state index < -0.39 is 11.9 Å². The third kappa shape index (κ3) is 4.95. The molecule has 0 spiro atoms. The van der Waals surface area contributed by atoms with E-state index in [4.69, 9.17) is 4.98 Å². The number of aryl methyl sites for hydroxylation is 1. The van der Waals surface area contributed by atoms with Crippen molar-refractivity contribution in [1.29, 1.82) is 0 Å². The lowest BCUT2D eigenvalue weighted by atomic mass is 9.90. The van der Waals surface area contributed by atoms with E-state index in [1.165, 1.54) is 24.2 Å². The molecule has 0 radical (unpaired) electrons. The number of hydrogen-bond donors (Lipinski definition) is 1. The summed E-state index contributed by atoms with van der Waals surface area (Å²) in [5, 5.41) is 17.5. The smallest absolute Gasteiger partial charge is 0.304 e. The fourth-order valence-electron chi connectivity index (χ4n) is 5.74. The van der Waals surface area contributed by atoms with Gasteiger partial charge in [-0.3, -0.25) is 19.2 Å². The molecule has 38 heavy (non-hydrogen) atoms. The zero-order chi connectivity index (χ0) is 26.2. The van der Waals surface area contributed by atoms with E-state index >= 15 is 0 Å². The molecule has 3 heterocycles. The molecule has 1 amide bonds. The first-order valence-electron chi connectivity index (χ1n) is 13.4. The molecule has 2 aliphatic carbocycles. The first kappa shape index (κ1) is 24.7. The van der Waals surface area contributed by atoms with Crippen LogP contribution in [0.2, 0.25) is 0 Å². The Morgan fingerprint density at radius 1 is 1.13 bits per heavy atom. The summed E-state index contributed by atoms with van der Waals surface area (Å²) in [7, 11) is 1.88. The molecule has 1 atom stereocenters. The van der Waals surface area contributed by atoms with Crippen LogP contribution in [0.4, 0.5) is 5.13 Å². The molecule has 9 heteroatoms. The second kappa shape index (κ2) is 10.3. The maximum Gasteiger partial charge on any atom is 0.304 e. The number of carboxylic acids is 1. The van der Waals surface area contributed by atoms with E-state index in [1.54, 1.807) is 4.68 Å². The zero-order valence-corrected chi connectivity index (χ0v) is 22.2. The van der Waals surface area contributed by atoms with E-state index in [9.17, 15) is 14.7 Å². The first-order valence-corrected chi connectivity index (χ1v) is 14.2. The minimum atomic E-state index is -0.912. The molecule has 196 valence electrons. The third-order valence-corrected chi connectivity index (χ3v) is 8.64. The zero-order valence-electron chi connectivity index (χ0n) is 21.4. The Balaban J connectivity index is 1.31. The van der Waals surface area contributed by atoms with Gasteiger partial charge in [0.15, 0.2) is 10.8 Å². The number of aromatic nitrogens is 4. The van der Waals surface area contributed by atoms with Crippen LogP contribution < -0.4 is 4.90 Å². The molecule has 2 fully saturated rings. The highest BCUT2D eigenvalue weighted by molar-refractivity contribution is 7.14. The number of amides is 1. The maximum absolute atomic E-state index is 13.8. The molecule has 0 bridgehead atoms.